The highest BCUT2D eigenvalue weighted by Gasteiger charge is 2.44. The summed E-state index contributed by atoms with van der Waals surface area (Å²) in [6, 6.07) is 16.0. The van der Waals surface area contributed by atoms with E-state index in [4.69, 9.17) is 0 Å². The number of hydrogen-bond acceptors (Lipinski definition) is 1. The van der Waals surface area contributed by atoms with Crippen LogP contribution in [0.4, 0.5) is 10.5 Å². The largest absolute Gasteiger partial charge is 0.337 e. The molecule has 2 aromatic carbocycles. The van der Waals surface area contributed by atoms with Gasteiger partial charge < -0.3 is 10.6 Å². The van der Waals surface area contributed by atoms with Gasteiger partial charge in [0, 0.05) is 22.1 Å². The van der Waals surface area contributed by atoms with E-state index in [0.717, 1.165) is 23.0 Å². The predicted octanol–water partition coefficient (Wildman–Crippen LogP) is 4.61. The molecular weight excluding hydrogens is 340 g/mol. The average molecular weight is 359 g/mol. The molecule has 1 fully saturated rings. The second-order valence-corrected chi connectivity index (χ2v) is 6.88. The number of hydrogen-bond donors (Lipinski definition) is 2. The second-order valence-electron chi connectivity index (χ2n) is 5.96. The number of halogens is 1. The molecule has 2 aromatic rings. The number of nitrogens with one attached hydrogen (secondary N) is 2. The van der Waals surface area contributed by atoms with Crippen molar-refractivity contribution in [3.05, 3.63) is 64.1 Å². The summed E-state index contributed by atoms with van der Waals surface area (Å²) in [5.74, 6) is 0. The lowest BCUT2D eigenvalue weighted by molar-refractivity contribution is 0.251. The summed E-state index contributed by atoms with van der Waals surface area (Å²) in [6.07, 6.45) is 2.27. The fraction of sp³-hybridized carbons (Fsp3) is 0.278. The van der Waals surface area contributed by atoms with Crippen molar-refractivity contribution < 1.29 is 4.79 Å². The Balaban J connectivity index is 1.56. The van der Waals surface area contributed by atoms with Crippen molar-refractivity contribution in [2.45, 2.75) is 25.2 Å². The molecule has 0 spiro atoms. The Morgan fingerprint density at radius 1 is 1.09 bits per heavy atom. The van der Waals surface area contributed by atoms with Crippen molar-refractivity contribution in [3.8, 4) is 0 Å². The summed E-state index contributed by atoms with van der Waals surface area (Å²) in [4.78, 5) is 12.0. The van der Waals surface area contributed by atoms with E-state index in [0.29, 0.717) is 6.54 Å². The standard InChI is InChI=1S/C18H19BrN2O/c1-13-2-4-14(5-3-13)18(10-11-18)12-20-17(22)21-16-8-6-15(19)7-9-16/h2-9H,10-12H2,1H3,(H2,20,21,22). The Labute approximate surface area is 139 Å². The van der Waals surface area contributed by atoms with Gasteiger partial charge in [-0.25, -0.2) is 4.79 Å². The van der Waals surface area contributed by atoms with E-state index in [1.165, 1.54) is 11.1 Å². The zero-order chi connectivity index (χ0) is 15.6. The smallest absolute Gasteiger partial charge is 0.319 e. The van der Waals surface area contributed by atoms with Crippen molar-refractivity contribution >= 4 is 27.6 Å². The van der Waals surface area contributed by atoms with Crippen LogP contribution >= 0.6 is 15.9 Å². The molecule has 1 aliphatic carbocycles. The number of carbonyl (C=O) groups is 1. The molecule has 3 rings (SSSR count). The van der Waals surface area contributed by atoms with Crippen LogP contribution in [0.2, 0.25) is 0 Å². The Morgan fingerprint density at radius 2 is 1.73 bits per heavy atom. The lowest BCUT2D eigenvalue weighted by Gasteiger charge is -2.17. The van der Waals surface area contributed by atoms with Crippen LogP contribution in [-0.2, 0) is 5.41 Å². The second kappa shape index (κ2) is 6.13. The lowest BCUT2D eigenvalue weighted by Crippen LogP contribution is -2.35. The van der Waals surface area contributed by atoms with Crippen LogP contribution in [0.5, 0.6) is 0 Å². The molecule has 1 aliphatic rings. The third-order valence-electron chi connectivity index (χ3n) is 4.21. The van der Waals surface area contributed by atoms with Gasteiger partial charge in [-0.05, 0) is 49.6 Å². The molecule has 4 heteroatoms. The maximum atomic E-state index is 12.0. The molecule has 2 amide bonds. The van der Waals surface area contributed by atoms with Crippen LogP contribution in [0, 0.1) is 6.92 Å². The highest BCUT2D eigenvalue weighted by Crippen LogP contribution is 2.47. The van der Waals surface area contributed by atoms with Gasteiger partial charge in [-0.1, -0.05) is 45.8 Å². The number of benzene rings is 2. The molecule has 1 saturated carbocycles. The monoisotopic (exact) mass is 358 g/mol. The molecule has 0 atom stereocenters. The van der Waals surface area contributed by atoms with Gasteiger partial charge in [0.2, 0.25) is 0 Å². The van der Waals surface area contributed by atoms with Crippen molar-refractivity contribution in [1.82, 2.24) is 5.32 Å². The number of amides is 2. The molecule has 0 unspecified atom stereocenters. The maximum absolute atomic E-state index is 12.0. The van der Waals surface area contributed by atoms with Gasteiger partial charge in [-0.2, -0.15) is 0 Å². The van der Waals surface area contributed by atoms with Gasteiger partial charge in [0.05, 0.1) is 0 Å². The molecule has 0 aromatic heterocycles. The van der Waals surface area contributed by atoms with Crippen LogP contribution in [-0.4, -0.2) is 12.6 Å². The number of carbonyl (C=O) groups excluding carboxylic acids is 1. The summed E-state index contributed by atoms with van der Waals surface area (Å²) in [7, 11) is 0. The fourth-order valence-corrected chi connectivity index (χ4v) is 2.85. The molecular formula is C18H19BrN2O. The van der Waals surface area contributed by atoms with Gasteiger partial charge in [0.1, 0.15) is 0 Å². The van der Waals surface area contributed by atoms with E-state index < -0.39 is 0 Å². The molecule has 0 bridgehead atoms. The highest BCUT2D eigenvalue weighted by molar-refractivity contribution is 9.10. The van der Waals surface area contributed by atoms with Crippen molar-refractivity contribution in [2.24, 2.45) is 0 Å². The van der Waals surface area contributed by atoms with Gasteiger partial charge >= 0.3 is 6.03 Å². The topological polar surface area (TPSA) is 41.1 Å². The van der Waals surface area contributed by atoms with Gasteiger partial charge in [-0.3, -0.25) is 0 Å². The van der Waals surface area contributed by atoms with E-state index in [-0.39, 0.29) is 11.4 Å². The lowest BCUT2D eigenvalue weighted by atomic mass is 9.95. The van der Waals surface area contributed by atoms with Crippen LogP contribution in [0.1, 0.15) is 24.0 Å². The van der Waals surface area contributed by atoms with Crippen LogP contribution < -0.4 is 10.6 Å². The van der Waals surface area contributed by atoms with E-state index in [1.54, 1.807) is 0 Å². The van der Waals surface area contributed by atoms with E-state index in [9.17, 15) is 4.79 Å². The quantitative estimate of drug-likeness (QED) is 0.822. The minimum Gasteiger partial charge on any atom is -0.337 e. The number of urea groups is 1. The zero-order valence-electron chi connectivity index (χ0n) is 12.5. The molecule has 0 saturated heterocycles. The van der Waals surface area contributed by atoms with Crippen LogP contribution in [0.3, 0.4) is 0 Å². The number of anilines is 1. The average Bonchev–Trinajstić information content (AvgIpc) is 3.30. The van der Waals surface area contributed by atoms with Crippen LogP contribution in [0.15, 0.2) is 53.0 Å². The van der Waals surface area contributed by atoms with E-state index >= 15 is 0 Å². The summed E-state index contributed by atoms with van der Waals surface area (Å²) in [5.41, 5.74) is 3.51. The Kier molecular flexibility index (Phi) is 4.21. The molecule has 22 heavy (non-hydrogen) atoms. The SMILES string of the molecule is Cc1ccc(C2(CNC(=O)Nc3ccc(Br)cc3)CC2)cc1. The third-order valence-corrected chi connectivity index (χ3v) is 4.74. The molecule has 0 heterocycles. The highest BCUT2D eigenvalue weighted by atomic mass is 79.9. The van der Waals surface area contributed by atoms with Crippen LogP contribution in [0.25, 0.3) is 0 Å². The van der Waals surface area contributed by atoms with E-state index in [2.05, 4.69) is 57.8 Å². The van der Waals surface area contributed by atoms with Gasteiger partial charge in [-0.15, -0.1) is 0 Å². The molecule has 114 valence electrons. The van der Waals surface area contributed by atoms with Crippen molar-refractivity contribution in [1.29, 1.82) is 0 Å². The zero-order valence-corrected chi connectivity index (χ0v) is 14.1. The summed E-state index contributed by atoms with van der Waals surface area (Å²) < 4.78 is 0.995. The first-order valence-corrected chi connectivity index (χ1v) is 8.24. The Morgan fingerprint density at radius 3 is 2.32 bits per heavy atom. The summed E-state index contributed by atoms with van der Waals surface area (Å²) in [6.45, 7) is 2.77. The first-order valence-electron chi connectivity index (χ1n) is 7.45. The normalized spacial score (nSPS) is 15.2. The molecule has 0 radical (unpaired) electrons. The molecule has 0 aliphatic heterocycles. The Bertz CT molecular complexity index is 660. The third kappa shape index (κ3) is 3.50. The summed E-state index contributed by atoms with van der Waals surface area (Å²) >= 11 is 3.38. The number of aryl methyl sites for hydroxylation is 1. The fourth-order valence-electron chi connectivity index (χ4n) is 2.58. The van der Waals surface area contributed by atoms with Crippen molar-refractivity contribution in [2.75, 3.05) is 11.9 Å². The predicted molar refractivity (Wildman–Crippen MR) is 93.3 cm³/mol. The molecule has 3 nitrogen and oxygen atoms in total. The van der Waals surface area contributed by atoms with Gasteiger partial charge in [0.15, 0.2) is 0 Å². The minimum atomic E-state index is -0.152. The number of rotatable bonds is 4. The molecule has 2 N–H and O–H groups in total. The Hall–Kier alpha value is -1.81. The first-order chi connectivity index (χ1) is 10.6. The minimum absolute atomic E-state index is 0.130. The van der Waals surface area contributed by atoms with E-state index in [1.807, 2.05) is 24.3 Å². The van der Waals surface area contributed by atoms with Gasteiger partial charge in [0.25, 0.3) is 0 Å². The maximum Gasteiger partial charge on any atom is 0.319 e. The first kappa shape index (κ1) is 15.1. The summed E-state index contributed by atoms with van der Waals surface area (Å²) in [5, 5.41) is 5.86. The van der Waals surface area contributed by atoms with Crippen molar-refractivity contribution in [3.63, 3.8) is 0 Å².